The van der Waals surface area contributed by atoms with Crippen LogP contribution in [0, 0.1) is 15.9 Å². The van der Waals surface area contributed by atoms with Crippen molar-refractivity contribution in [2.45, 2.75) is 6.42 Å². The highest BCUT2D eigenvalue weighted by molar-refractivity contribution is 5.94. The summed E-state index contributed by atoms with van der Waals surface area (Å²) in [6.45, 7) is 1.33. The molecule has 1 heterocycles. The number of likely N-dealkylation sites (tertiary alicyclic amines) is 1. The van der Waals surface area contributed by atoms with Crippen molar-refractivity contribution in [2.75, 3.05) is 13.1 Å². The topological polar surface area (TPSA) is 63.4 Å². The van der Waals surface area contributed by atoms with Crippen LogP contribution in [0.1, 0.15) is 16.8 Å². The van der Waals surface area contributed by atoms with Crippen LogP contribution in [0.2, 0.25) is 0 Å². The van der Waals surface area contributed by atoms with E-state index in [1.54, 1.807) is 4.90 Å². The summed E-state index contributed by atoms with van der Waals surface area (Å²) in [4.78, 5) is 22.8. The molecule has 1 fully saturated rings. The van der Waals surface area contributed by atoms with E-state index in [9.17, 15) is 19.3 Å². The largest absolute Gasteiger partial charge is 0.339 e. The molecule has 0 atom stereocenters. The van der Waals surface area contributed by atoms with E-state index in [0.717, 1.165) is 18.6 Å². The number of benzene rings is 1. The maximum atomic E-state index is 13.2. The number of amides is 1. The molecule has 0 unspecified atom stereocenters. The van der Waals surface area contributed by atoms with Gasteiger partial charge in [0, 0.05) is 24.7 Å². The molecule has 0 N–H and O–H groups in total. The Hall–Kier alpha value is -1.98. The number of nitro benzene ring substituents is 1. The fraction of sp³-hybridized carbons (Fsp3) is 0.300. The summed E-state index contributed by atoms with van der Waals surface area (Å²) in [5.41, 5.74) is -0.456. The lowest BCUT2D eigenvalue weighted by Crippen LogP contribution is -2.42. The smallest absolute Gasteiger partial charge is 0.304 e. The number of carbonyl (C=O) groups is 1. The number of carbonyl (C=O) groups excluding carboxylic acids is 1. The molecule has 1 aliphatic heterocycles. The van der Waals surface area contributed by atoms with Gasteiger partial charge in [-0.25, -0.2) is 0 Å². The maximum absolute atomic E-state index is 13.2. The fourth-order valence-electron chi connectivity index (χ4n) is 1.49. The second-order valence-corrected chi connectivity index (χ2v) is 3.57. The van der Waals surface area contributed by atoms with E-state index in [2.05, 4.69) is 0 Å². The minimum absolute atomic E-state index is 0.155. The van der Waals surface area contributed by atoms with Crippen LogP contribution in [-0.2, 0) is 0 Å². The van der Waals surface area contributed by atoms with Gasteiger partial charge in [-0.15, -0.1) is 0 Å². The van der Waals surface area contributed by atoms with E-state index in [4.69, 9.17) is 0 Å². The highest BCUT2D eigenvalue weighted by Gasteiger charge is 2.23. The molecule has 6 heteroatoms. The van der Waals surface area contributed by atoms with Crippen molar-refractivity contribution in [2.24, 2.45) is 0 Å². The van der Waals surface area contributed by atoms with Crippen LogP contribution in [0.5, 0.6) is 0 Å². The van der Waals surface area contributed by atoms with Crippen LogP contribution < -0.4 is 0 Å². The van der Waals surface area contributed by atoms with Gasteiger partial charge in [0.05, 0.1) is 4.92 Å². The van der Waals surface area contributed by atoms with E-state index >= 15 is 0 Å². The van der Waals surface area contributed by atoms with Crippen LogP contribution >= 0.6 is 0 Å². The molecule has 1 saturated heterocycles. The van der Waals surface area contributed by atoms with Gasteiger partial charge in [0.25, 0.3) is 5.91 Å². The van der Waals surface area contributed by atoms with Gasteiger partial charge in [0.1, 0.15) is 0 Å². The lowest BCUT2D eigenvalue weighted by atomic mass is 10.1. The van der Waals surface area contributed by atoms with Gasteiger partial charge >= 0.3 is 5.69 Å². The standard InChI is InChI=1S/C10H9FN2O3/c11-8-6-7(2-3-9(8)13(15)16)10(14)12-4-1-5-12/h2-3,6H,1,4-5H2. The summed E-state index contributed by atoms with van der Waals surface area (Å²) in [6.07, 6.45) is 0.946. The van der Waals surface area contributed by atoms with Gasteiger partial charge in [-0.1, -0.05) is 0 Å². The van der Waals surface area contributed by atoms with E-state index in [0.29, 0.717) is 13.1 Å². The molecule has 0 radical (unpaired) electrons. The van der Waals surface area contributed by atoms with Crippen LogP contribution in [-0.4, -0.2) is 28.8 Å². The molecular formula is C10H9FN2O3. The third kappa shape index (κ3) is 1.73. The van der Waals surface area contributed by atoms with Gasteiger partial charge in [-0.05, 0) is 18.6 Å². The Morgan fingerprint density at radius 3 is 2.56 bits per heavy atom. The predicted molar refractivity (Wildman–Crippen MR) is 53.6 cm³/mol. The summed E-state index contributed by atoms with van der Waals surface area (Å²) in [5, 5.41) is 10.4. The minimum Gasteiger partial charge on any atom is -0.339 e. The first-order chi connectivity index (χ1) is 7.59. The molecule has 1 amide bonds. The Morgan fingerprint density at radius 2 is 2.12 bits per heavy atom. The minimum atomic E-state index is -0.976. The van der Waals surface area contributed by atoms with Gasteiger partial charge in [-0.3, -0.25) is 14.9 Å². The number of nitrogens with zero attached hydrogens (tertiary/aromatic N) is 2. The number of nitro groups is 1. The van der Waals surface area contributed by atoms with Gasteiger partial charge < -0.3 is 4.90 Å². The molecule has 0 bridgehead atoms. The molecule has 1 aromatic carbocycles. The number of hydrogen-bond donors (Lipinski definition) is 0. The molecule has 0 spiro atoms. The van der Waals surface area contributed by atoms with Crippen molar-refractivity contribution in [3.8, 4) is 0 Å². The monoisotopic (exact) mass is 224 g/mol. The zero-order valence-corrected chi connectivity index (χ0v) is 8.35. The fourth-order valence-corrected chi connectivity index (χ4v) is 1.49. The molecule has 1 aliphatic rings. The van der Waals surface area contributed by atoms with Crippen LogP contribution in [0.3, 0.4) is 0 Å². The number of rotatable bonds is 2. The van der Waals surface area contributed by atoms with Crippen LogP contribution in [0.4, 0.5) is 10.1 Å². The first-order valence-corrected chi connectivity index (χ1v) is 4.83. The number of hydrogen-bond acceptors (Lipinski definition) is 3. The van der Waals surface area contributed by atoms with E-state index in [1.807, 2.05) is 0 Å². The molecule has 0 aromatic heterocycles. The predicted octanol–water partition coefficient (Wildman–Crippen LogP) is 1.58. The molecule has 0 aliphatic carbocycles. The van der Waals surface area contributed by atoms with Crippen molar-refractivity contribution >= 4 is 11.6 Å². The second-order valence-electron chi connectivity index (χ2n) is 3.57. The Bertz CT molecular complexity index is 457. The lowest BCUT2D eigenvalue weighted by molar-refractivity contribution is -0.387. The molecule has 5 nitrogen and oxygen atoms in total. The molecular weight excluding hydrogens is 215 g/mol. The first-order valence-electron chi connectivity index (χ1n) is 4.83. The number of halogens is 1. The third-order valence-corrected chi connectivity index (χ3v) is 2.53. The molecule has 16 heavy (non-hydrogen) atoms. The Labute approximate surface area is 90.6 Å². The van der Waals surface area contributed by atoms with Crippen molar-refractivity contribution in [3.63, 3.8) is 0 Å². The molecule has 1 aromatic rings. The average Bonchev–Trinajstić information content (AvgIpc) is 2.14. The van der Waals surface area contributed by atoms with Gasteiger partial charge in [0.2, 0.25) is 5.82 Å². The van der Waals surface area contributed by atoms with Crippen molar-refractivity contribution < 1.29 is 14.1 Å². The van der Waals surface area contributed by atoms with E-state index in [-0.39, 0.29) is 11.5 Å². The zero-order valence-electron chi connectivity index (χ0n) is 8.35. The summed E-state index contributed by atoms with van der Waals surface area (Å²) in [5.74, 6) is -1.25. The second kappa shape index (κ2) is 3.88. The maximum Gasteiger partial charge on any atom is 0.304 e. The average molecular weight is 224 g/mol. The summed E-state index contributed by atoms with van der Waals surface area (Å²) in [7, 11) is 0. The molecule has 2 rings (SSSR count). The van der Waals surface area contributed by atoms with Crippen molar-refractivity contribution in [1.29, 1.82) is 0 Å². The molecule has 84 valence electrons. The lowest BCUT2D eigenvalue weighted by Gasteiger charge is -2.30. The van der Waals surface area contributed by atoms with Crippen LogP contribution in [0.25, 0.3) is 0 Å². The van der Waals surface area contributed by atoms with E-state index in [1.165, 1.54) is 6.07 Å². The van der Waals surface area contributed by atoms with Gasteiger partial charge in [-0.2, -0.15) is 4.39 Å². The third-order valence-electron chi connectivity index (χ3n) is 2.53. The molecule has 0 saturated carbocycles. The SMILES string of the molecule is O=C(c1ccc([N+](=O)[O-])c(F)c1)N1CCC1. The first kappa shape index (κ1) is 10.5. The Morgan fingerprint density at radius 1 is 1.44 bits per heavy atom. The van der Waals surface area contributed by atoms with Crippen molar-refractivity contribution in [1.82, 2.24) is 4.90 Å². The summed E-state index contributed by atoms with van der Waals surface area (Å²) < 4.78 is 13.2. The zero-order chi connectivity index (χ0) is 11.7. The highest BCUT2D eigenvalue weighted by atomic mass is 19.1. The summed E-state index contributed by atoms with van der Waals surface area (Å²) >= 11 is 0. The Balaban J connectivity index is 2.26. The highest BCUT2D eigenvalue weighted by Crippen LogP contribution is 2.20. The Kier molecular flexibility index (Phi) is 2.55. The summed E-state index contributed by atoms with van der Waals surface area (Å²) in [6, 6.07) is 3.21. The quantitative estimate of drug-likeness (QED) is 0.566. The van der Waals surface area contributed by atoms with Crippen LogP contribution in [0.15, 0.2) is 18.2 Å². The van der Waals surface area contributed by atoms with E-state index < -0.39 is 16.4 Å². The van der Waals surface area contributed by atoms with Gasteiger partial charge in [0.15, 0.2) is 0 Å². The van der Waals surface area contributed by atoms with Crippen molar-refractivity contribution in [3.05, 3.63) is 39.7 Å². The normalized spacial score (nSPS) is 14.4.